The highest BCUT2D eigenvalue weighted by Gasteiger charge is 2.04. The molecule has 0 bridgehead atoms. The van der Waals surface area contributed by atoms with Gasteiger partial charge in [0.25, 0.3) is 0 Å². The van der Waals surface area contributed by atoms with E-state index in [1.807, 2.05) is 24.3 Å². The van der Waals surface area contributed by atoms with Gasteiger partial charge in [0, 0.05) is 12.0 Å². The Morgan fingerprint density at radius 2 is 2.18 bits per heavy atom. The third-order valence-corrected chi connectivity index (χ3v) is 2.25. The Kier molecular flexibility index (Phi) is 5.53. The number of ether oxygens (including phenoxy) is 1. The fraction of sp³-hybridized carbons (Fsp3) is 0.286. The number of aryl methyl sites for hydroxylation is 1. The lowest BCUT2D eigenvalue weighted by atomic mass is 10.0. The largest absolute Gasteiger partial charge is 0.469 e. The number of carbonyl (C=O) groups is 2. The molecule has 0 heterocycles. The molecule has 0 N–H and O–H groups in total. The SMILES string of the molecule is COC(=O)CCc1ccccc1C#CCC=O. The molecular weight excluding hydrogens is 216 g/mol. The first kappa shape index (κ1) is 13.0. The Morgan fingerprint density at radius 1 is 1.41 bits per heavy atom. The summed E-state index contributed by atoms with van der Waals surface area (Å²) in [4.78, 5) is 21.2. The van der Waals surface area contributed by atoms with Crippen LogP contribution >= 0.6 is 0 Å². The van der Waals surface area contributed by atoms with Crippen LogP contribution in [0.25, 0.3) is 0 Å². The van der Waals surface area contributed by atoms with Crippen LogP contribution in [0.5, 0.6) is 0 Å². The van der Waals surface area contributed by atoms with Crippen molar-refractivity contribution in [2.45, 2.75) is 19.3 Å². The van der Waals surface area contributed by atoms with Crippen molar-refractivity contribution in [3.63, 3.8) is 0 Å². The summed E-state index contributed by atoms with van der Waals surface area (Å²) in [6.07, 6.45) is 1.93. The molecule has 1 rings (SSSR count). The van der Waals surface area contributed by atoms with Gasteiger partial charge in [0.2, 0.25) is 0 Å². The molecule has 0 fully saturated rings. The maximum atomic E-state index is 11.1. The summed E-state index contributed by atoms with van der Waals surface area (Å²) in [5.74, 6) is 5.45. The molecule has 3 heteroatoms. The summed E-state index contributed by atoms with van der Waals surface area (Å²) in [6.45, 7) is 0. The molecule has 0 saturated carbocycles. The maximum Gasteiger partial charge on any atom is 0.305 e. The maximum absolute atomic E-state index is 11.1. The molecule has 0 radical (unpaired) electrons. The smallest absolute Gasteiger partial charge is 0.305 e. The minimum Gasteiger partial charge on any atom is -0.469 e. The molecule has 3 nitrogen and oxygen atoms in total. The number of rotatable bonds is 4. The predicted octanol–water partition coefficient (Wildman–Crippen LogP) is 1.73. The summed E-state index contributed by atoms with van der Waals surface area (Å²) in [5, 5.41) is 0. The lowest BCUT2D eigenvalue weighted by Crippen LogP contribution is -2.02. The minimum absolute atomic E-state index is 0.228. The van der Waals surface area contributed by atoms with E-state index >= 15 is 0 Å². The van der Waals surface area contributed by atoms with Gasteiger partial charge in [-0.15, -0.1) is 0 Å². The van der Waals surface area contributed by atoms with E-state index in [1.54, 1.807) is 0 Å². The second-order valence-electron chi connectivity index (χ2n) is 3.41. The normalized spacial score (nSPS) is 9.00. The van der Waals surface area contributed by atoms with E-state index in [4.69, 9.17) is 0 Å². The van der Waals surface area contributed by atoms with Gasteiger partial charge in [-0.25, -0.2) is 0 Å². The Hall–Kier alpha value is -2.08. The van der Waals surface area contributed by atoms with Crippen molar-refractivity contribution in [1.29, 1.82) is 0 Å². The average Bonchev–Trinajstić information content (AvgIpc) is 2.37. The summed E-state index contributed by atoms with van der Waals surface area (Å²) in [5.41, 5.74) is 1.86. The van der Waals surface area contributed by atoms with Crippen molar-refractivity contribution in [3.05, 3.63) is 35.4 Å². The topological polar surface area (TPSA) is 43.4 Å². The van der Waals surface area contributed by atoms with Crippen LogP contribution in [0.4, 0.5) is 0 Å². The molecule has 0 unspecified atom stereocenters. The van der Waals surface area contributed by atoms with Gasteiger partial charge in [-0.2, -0.15) is 0 Å². The Bertz CT molecular complexity index is 452. The molecule has 1 aromatic rings. The second kappa shape index (κ2) is 7.24. The molecule has 1 aromatic carbocycles. The van der Waals surface area contributed by atoms with Crippen LogP contribution in [0.1, 0.15) is 24.0 Å². The van der Waals surface area contributed by atoms with Crippen LogP contribution in [0.3, 0.4) is 0 Å². The minimum atomic E-state index is -0.236. The van der Waals surface area contributed by atoms with Gasteiger partial charge in [0.05, 0.1) is 13.5 Å². The van der Waals surface area contributed by atoms with Crippen molar-refractivity contribution in [1.82, 2.24) is 0 Å². The van der Waals surface area contributed by atoms with E-state index in [2.05, 4.69) is 16.6 Å². The van der Waals surface area contributed by atoms with Gasteiger partial charge in [0.15, 0.2) is 0 Å². The first-order chi connectivity index (χ1) is 8.27. The molecule has 0 atom stereocenters. The summed E-state index contributed by atoms with van der Waals surface area (Å²) < 4.78 is 4.59. The number of benzene rings is 1. The number of methoxy groups -OCH3 is 1. The zero-order valence-electron chi connectivity index (χ0n) is 9.73. The molecule has 88 valence electrons. The summed E-state index contributed by atoms with van der Waals surface area (Å²) >= 11 is 0. The first-order valence-electron chi connectivity index (χ1n) is 5.35. The second-order valence-corrected chi connectivity index (χ2v) is 3.41. The molecule has 0 spiro atoms. The molecule has 17 heavy (non-hydrogen) atoms. The van der Waals surface area contributed by atoms with Crippen LogP contribution in [0.15, 0.2) is 24.3 Å². The quantitative estimate of drug-likeness (QED) is 0.449. The van der Waals surface area contributed by atoms with Crippen LogP contribution in [0.2, 0.25) is 0 Å². The Morgan fingerprint density at radius 3 is 2.88 bits per heavy atom. The first-order valence-corrected chi connectivity index (χ1v) is 5.35. The van der Waals surface area contributed by atoms with Crippen LogP contribution in [0, 0.1) is 11.8 Å². The van der Waals surface area contributed by atoms with Gasteiger partial charge in [0.1, 0.15) is 6.29 Å². The van der Waals surface area contributed by atoms with Crippen molar-refractivity contribution in [2.24, 2.45) is 0 Å². The predicted molar refractivity (Wildman–Crippen MR) is 64.3 cm³/mol. The van der Waals surface area contributed by atoms with Gasteiger partial charge in [-0.1, -0.05) is 30.0 Å². The number of carbonyl (C=O) groups excluding carboxylic acids is 2. The van der Waals surface area contributed by atoms with Gasteiger partial charge in [-0.05, 0) is 18.1 Å². The molecule has 0 aliphatic heterocycles. The lowest BCUT2D eigenvalue weighted by Gasteiger charge is -2.03. The van der Waals surface area contributed by atoms with E-state index in [9.17, 15) is 9.59 Å². The third kappa shape index (κ3) is 4.52. The number of esters is 1. The number of aldehydes is 1. The molecular formula is C14H14O3. The third-order valence-electron chi connectivity index (χ3n) is 2.25. The van der Waals surface area contributed by atoms with Crippen molar-refractivity contribution < 1.29 is 14.3 Å². The summed E-state index contributed by atoms with van der Waals surface area (Å²) in [7, 11) is 1.37. The van der Waals surface area contributed by atoms with E-state index < -0.39 is 0 Å². The summed E-state index contributed by atoms with van der Waals surface area (Å²) in [6, 6.07) is 7.59. The van der Waals surface area contributed by atoms with E-state index in [0.717, 1.165) is 17.4 Å². The van der Waals surface area contributed by atoms with E-state index in [0.29, 0.717) is 12.8 Å². The van der Waals surface area contributed by atoms with Gasteiger partial charge < -0.3 is 9.53 Å². The number of hydrogen-bond acceptors (Lipinski definition) is 3. The Labute approximate surface area is 101 Å². The van der Waals surface area contributed by atoms with Crippen molar-refractivity contribution in [2.75, 3.05) is 7.11 Å². The van der Waals surface area contributed by atoms with Gasteiger partial charge >= 0.3 is 5.97 Å². The Balaban J connectivity index is 2.74. The van der Waals surface area contributed by atoms with Gasteiger partial charge in [-0.3, -0.25) is 4.79 Å². The molecule has 0 amide bonds. The zero-order valence-corrected chi connectivity index (χ0v) is 9.73. The van der Waals surface area contributed by atoms with E-state index in [-0.39, 0.29) is 12.4 Å². The van der Waals surface area contributed by atoms with E-state index in [1.165, 1.54) is 7.11 Å². The fourth-order valence-electron chi connectivity index (χ4n) is 1.39. The molecule has 0 saturated heterocycles. The standard InChI is InChI=1S/C14H14O3/c1-17-14(16)10-9-13-7-3-2-6-12(13)8-4-5-11-15/h2-3,6-7,11H,5,9-10H2,1H3. The van der Waals surface area contributed by atoms with Crippen LogP contribution < -0.4 is 0 Å². The van der Waals surface area contributed by atoms with Crippen LogP contribution in [-0.4, -0.2) is 19.4 Å². The highest BCUT2D eigenvalue weighted by atomic mass is 16.5. The lowest BCUT2D eigenvalue weighted by molar-refractivity contribution is -0.140. The van der Waals surface area contributed by atoms with Crippen molar-refractivity contribution >= 4 is 12.3 Å². The molecule has 0 aliphatic carbocycles. The monoisotopic (exact) mass is 230 g/mol. The van der Waals surface area contributed by atoms with Crippen molar-refractivity contribution in [3.8, 4) is 11.8 Å². The highest BCUT2D eigenvalue weighted by molar-refractivity contribution is 5.69. The molecule has 0 aliphatic rings. The zero-order chi connectivity index (χ0) is 12.5. The average molecular weight is 230 g/mol. The van der Waals surface area contributed by atoms with Crippen LogP contribution in [-0.2, 0) is 20.7 Å². The highest BCUT2D eigenvalue weighted by Crippen LogP contribution is 2.10. The molecule has 0 aromatic heterocycles. The fourth-order valence-corrected chi connectivity index (χ4v) is 1.39. The number of hydrogen-bond donors (Lipinski definition) is 0.